The lowest BCUT2D eigenvalue weighted by molar-refractivity contribution is 0.112. The molecule has 0 aliphatic rings. The van der Waals surface area contributed by atoms with Crippen LogP contribution in [0.5, 0.6) is 0 Å². The number of aldehydes is 1. The molecule has 4 heteroatoms. The number of fused-ring (bicyclic) bond motifs is 1. The van der Waals surface area contributed by atoms with Gasteiger partial charge in [-0.15, -0.1) is 0 Å². The van der Waals surface area contributed by atoms with Crippen molar-refractivity contribution in [1.82, 2.24) is 0 Å². The highest BCUT2D eigenvalue weighted by molar-refractivity contribution is 5.89. The standard InChI is InChI=1S/C11H5F3O/c12-8-1-6-3-10(13)7(5-15)2-9(6)11(14)4-8/h1-5H. The predicted molar refractivity (Wildman–Crippen MR) is 49.2 cm³/mol. The zero-order valence-corrected chi connectivity index (χ0v) is 7.43. The molecular formula is C11H5F3O. The summed E-state index contributed by atoms with van der Waals surface area (Å²) in [7, 11) is 0. The Morgan fingerprint density at radius 2 is 1.67 bits per heavy atom. The van der Waals surface area contributed by atoms with Crippen molar-refractivity contribution in [3.63, 3.8) is 0 Å². The molecule has 0 saturated carbocycles. The third kappa shape index (κ3) is 1.58. The third-order valence-electron chi connectivity index (χ3n) is 2.11. The Morgan fingerprint density at radius 1 is 0.933 bits per heavy atom. The van der Waals surface area contributed by atoms with Crippen LogP contribution in [0, 0.1) is 17.5 Å². The van der Waals surface area contributed by atoms with Crippen LogP contribution in [0.3, 0.4) is 0 Å². The summed E-state index contributed by atoms with van der Waals surface area (Å²) in [6.45, 7) is 0. The topological polar surface area (TPSA) is 17.1 Å². The fraction of sp³-hybridized carbons (Fsp3) is 0. The second-order valence-corrected chi connectivity index (χ2v) is 3.10. The van der Waals surface area contributed by atoms with Crippen molar-refractivity contribution in [2.75, 3.05) is 0 Å². The summed E-state index contributed by atoms with van der Waals surface area (Å²) in [4.78, 5) is 10.4. The van der Waals surface area contributed by atoms with Crippen LogP contribution in [-0.2, 0) is 0 Å². The van der Waals surface area contributed by atoms with Crippen LogP contribution < -0.4 is 0 Å². The highest BCUT2D eigenvalue weighted by Gasteiger charge is 2.08. The molecule has 0 heterocycles. The van der Waals surface area contributed by atoms with E-state index in [-0.39, 0.29) is 22.6 Å². The van der Waals surface area contributed by atoms with Crippen molar-refractivity contribution < 1.29 is 18.0 Å². The molecule has 0 unspecified atom stereocenters. The first-order valence-electron chi connectivity index (χ1n) is 4.15. The number of carbonyl (C=O) groups is 1. The molecule has 0 aromatic heterocycles. The van der Waals surface area contributed by atoms with Gasteiger partial charge in [-0.3, -0.25) is 4.79 Å². The number of hydrogen-bond donors (Lipinski definition) is 0. The fourth-order valence-corrected chi connectivity index (χ4v) is 1.41. The molecule has 0 saturated heterocycles. The van der Waals surface area contributed by atoms with Gasteiger partial charge in [0.05, 0.1) is 5.56 Å². The van der Waals surface area contributed by atoms with Crippen LogP contribution in [-0.4, -0.2) is 6.29 Å². The Bertz CT molecular complexity index is 549. The van der Waals surface area contributed by atoms with E-state index in [1.54, 1.807) is 0 Å². The Hall–Kier alpha value is -1.84. The normalized spacial score (nSPS) is 10.6. The van der Waals surface area contributed by atoms with Crippen molar-refractivity contribution in [2.45, 2.75) is 0 Å². The van der Waals surface area contributed by atoms with E-state index < -0.39 is 17.5 Å². The van der Waals surface area contributed by atoms with Crippen molar-refractivity contribution >= 4 is 17.1 Å². The maximum absolute atomic E-state index is 13.2. The van der Waals surface area contributed by atoms with Crippen LogP contribution in [0.25, 0.3) is 10.8 Å². The summed E-state index contributed by atoms with van der Waals surface area (Å²) in [5.41, 5.74) is -0.243. The lowest BCUT2D eigenvalue weighted by Crippen LogP contribution is -1.91. The van der Waals surface area contributed by atoms with E-state index in [0.717, 1.165) is 18.2 Å². The SMILES string of the molecule is O=Cc1cc2c(F)cc(F)cc2cc1F. The van der Waals surface area contributed by atoms with Crippen LogP contribution >= 0.6 is 0 Å². The lowest BCUT2D eigenvalue weighted by Gasteiger charge is -2.02. The largest absolute Gasteiger partial charge is 0.298 e. The maximum Gasteiger partial charge on any atom is 0.153 e. The Labute approximate surface area is 83.1 Å². The molecule has 2 aromatic rings. The van der Waals surface area contributed by atoms with E-state index in [2.05, 4.69) is 0 Å². The average Bonchev–Trinajstić information content (AvgIpc) is 2.16. The second-order valence-electron chi connectivity index (χ2n) is 3.10. The molecule has 1 nitrogen and oxygen atoms in total. The van der Waals surface area contributed by atoms with Crippen LogP contribution in [0.2, 0.25) is 0 Å². The first-order valence-corrected chi connectivity index (χ1v) is 4.15. The van der Waals surface area contributed by atoms with Crippen LogP contribution in [0.15, 0.2) is 24.3 Å². The monoisotopic (exact) mass is 210 g/mol. The summed E-state index contributed by atoms with van der Waals surface area (Å²) in [6, 6.07) is 3.70. The third-order valence-corrected chi connectivity index (χ3v) is 2.11. The molecule has 0 aliphatic carbocycles. The van der Waals surface area contributed by atoms with Gasteiger partial charge >= 0.3 is 0 Å². The molecule has 15 heavy (non-hydrogen) atoms. The minimum Gasteiger partial charge on any atom is -0.298 e. The molecule has 76 valence electrons. The zero-order valence-electron chi connectivity index (χ0n) is 7.43. The molecule has 0 bridgehead atoms. The van der Waals surface area contributed by atoms with Gasteiger partial charge in [0.15, 0.2) is 6.29 Å². The van der Waals surface area contributed by atoms with Gasteiger partial charge in [-0.25, -0.2) is 13.2 Å². The predicted octanol–water partition coefficient (Wildman–Crippen LogP) is 3.07. The molecule has 0 atom stereocenters. The molecule has 0 spiro atoms. The van der Waals surface area contributed by atoms with Gasteiger partial charge in [-0.2, -0.15) is 0 Å². The van der Waals surface area contributed by atoms with Gasteiger partial charge in [0.2, 0.25) is 0 Å². The summed E-state index contributed by atoms with van der Waals surface area (Å²) < 4.78 is 39.1. The molecule has 2 rings (SSSR count). The Balaban J connectivity index is 2.87. The first-order chi connectivity index (χ1) is 7.11. The number of carbonyl (C=O) groups excluding carboxylic acids is 1. The van der Waals surface area contributed by atoms with Gasteiger partial charge < -0.3 is 0 Å². The van der Waals surface area contributed by atoms with E-state index in [1.807, 2.05) is 0 Å². The molecule has 0 fully saturated rings. The molecule has 2 aromatic carbocycles. The van der Waals surface area contributed by atoms with Crippen molar-refractivity contribution in [1.29, 1.82) is 0 Å². The number of halogens is 3. The number of benzene rings is 2. The Morgan fingerprint density at radius 3 is 2.33 bits per heavy atom. The number of rotatable bonds is 1. The molecule has 0 radical (unpaired) electrons. The summed E-state index contributed by atoms with van der Waals surface area (Å²) in [6.07, 6.45) is 0.289. The maximum atomic E-state index is 13.2. The second kappa shape index (κ2) is 3.38. The van der Waals surface area contributed by atoms with E-state index in [1.165, 1.54) is 0 Å². The molecule has 0 aliphatic heterocycles. The highest BCUT2D eigenvalue weighted by Crippen LogP contribution is 2.22. The van der Waals surface area contributed by atoms with E-state index >= 15 is 0 Å². The Kier molecular flexibility index (Phi) is 2.19. The first kappa shape index (κ1) is 9.71. The van der Waals surface area contributed by atoms with E-state index in [0.29, 0.717) is 6.07 Å². The van der Waals surface area contributed by atoms with E-state index in [4.69, 9.17) is 0 Å². The summed E-state index contributed by atoms with van der Waals surface area (Å²) >= 11 is 0. The smallest absolute Gasteiger partial charge is 0.153 e. The van der Waals surface area contributed by atoms with Gasteiger partial charge in [-0.1, -0.05) is 0 Å². The van der Waals surface area contributed by atoms with Crippen molar-refractivity contribution in [3.8, 4) is 0 Å². The summed E-state index contributed by atoms with van der Waals surface area (Å²) in [5.74, 6) is -2.38. The van der Waals surface area contributed by atoms with Gasteiger partial charge in [-0.05, 0) is 23.6 Å². The zero-order chi connectivity index (χ0) is 11.0. The highest BCUT2D eigenvalue weighted by atomic mass is 19.1. The fourth-order valence-electron chi connectivity index (χ4n) is 1.41. The van der Waals surface area contributed by atoms with E-state index in [9.17, 15) is 18.0 Å². The van der Waals surface area contributed by atoms with Gasteiger partial charge in [0.25, 0.3) is 0 Å². The van der Waals surface area contributed by atoms with Crippen LogP contribution in [0.1, 0.15) is 10.4 Å². The average molecular weight is 210 g/mol. The van der Waals surface area contributed by atoms with Gasteiger partial charge in [0.1, 0.15) is 17.5 Å². The van der Waals surface area contributed by atoms with Gasteiger partial charge in [0, 0.05) is 11.5 Å². The number of hydrogen-bond acceptors (Lipinski definition) is 1. The molecular weight excluding hydrogens is 205 g/mol. The minimum absolute atomic E-state index is 0.0277. The molecule has 0 N–H and O–H groups in total. The summed E-state index contributed by atoms with van der Waals surface area (Å²) in [5, 5.41) is 0.121. The lowest BCUT2D eigenvalue weighted by atomic mass is 10.1. The van der Waals surface area contributed by atoms with Crippen LogP contribution in [0.4, 0.5) is 13.2 Å². The minimum atomic E-state index is -0.812. The quantitative estimate of drug-likeness (QED) is 0.661. The van der Waals surface area contributed by atoms with Crippen molar-refractivity contribution in [2.24, 2.45) is 0 Å². The molecule has 0 amide bonds. The van der Waals surface area contributed by atoms with Crippen molar-refractivity contribution in [3.05, 3.63) is 47.3 Å².